The van der Waals surface area contributed by atoms with Gasteiger partial charge in [-0.2, -0.15) is 0 Å². The molecule has 1 aliphatic heterocycles. The zero-order chi connectivity index (χ0) is 10.1. The van der Waals surface area contributed by atoms with E-state index in [2.05, 4.69) is 10.6 Å². The number of nitrogens with one attached hydrogen (secondary N) is 2. The molecule has 0 aromatic heterocycles. The predicted molar refractivity (Wildman–Crippen MR) is 50.4 cm³/mol. The van der Waals surface area contributed by atoms with E-state index < -0.39 is 0 Å². The second-order valence-corrected chi connectivity index (χ2v) is 3.42. The fourth-order valence-electron chi connectivity index (χ4n) is 1.54. The quantitative estimate of drug-likeness (QED) is 0.698. The Bertz CT molecular complexity index is 378. The molecule has 1 aliphatic rings. The number of halogens is 1. The number of carbonyl (C=O) groups is 1. The van der Waals surface area contributed by atoms with Gasteiger partial charge in [0.2, 0.25) is 0 Å². The van der Waals surface area contributed by atoms with Crippen LogP contribution >= 0.6 is 0 Å². The van der Waals surface area contributed by atoms with Crippen LogP contribution in [0.15, 0.2) is 18.2 Å². The van der Waals surface area contributed by atoms with Gasteiger partial charge in [-0.3, -0.25) is 0 Å². The number of hydrogen-bond donors (Lipinski definition) is 2. The van der Waals surface area contributed by atoms with E-state index in [1.165, 1.54) is 6.07 Å². The van der Waals surface area contributed by atoms with Gasteiger partial charge in [0.25, 0.3) is 0 Å². The highest BCUT2D eigenvalue weighted by atomic mass is 19.1. The summed E-state index contributed by atoms with van der Waals surface area (Å²) in [6, 6.07) is 4.67. The summed E-state index contributed by atoms with van der Waals surface area (Å²) in [5.74, 6) is -0.217. The molecule has 0 unspecified atom stereocenters. The molecule has 3 nitrogen and oxygen atoms in total. The molecular weight excluding hydrogens is 183 g/mol. The highest BCUT2D eigenvalue weighted by Gasteiger charge is 2.21. The van der Waals surface area contributed by atoms with Gasteiger partial charge in [0, 0.05) is 6.54 Å². The first kappa shape index (κ1) is 8.99. The number of aryl methyl sites for hydroxylation is 1. The molecule has 1 fully saturated rings. The summed E-state index contributed by atoms with van der Waals surface area (Å²) in [7, 11) is 0. The molecule has 1 aromatic carbocycles. The molecule has 2 amide bonds. The Hall–Kier alpha value is -1.58. The largest absolute Gasteiger partial charge is 0.336 e. The van der Waals surface area contributed by atoms with E-state index >= 15 is 0 Å². The lowest BCUT2D eigenvalue weighted by Gasteiger charge is -2.09. The lowest BCUT2D eigenvalue weighted by atomic mass is 10.1. The Morgan fingerprint density at radius 2 is 2.29 bits per heavy atom. The number of urea groups is 1. The number of hydrogen-bond acceptors (Lipinski definition) is 1. The standard InChI is InChI=1S/C10H11FN2O/c1-6-4-7(2-3-8(6)11)9-5-12-10(14)13-9/h2-4,9H,5H2,1H3,(H2,12,13,14)/t9-/m0/s1. The molecule has 14 heavy (non-hydrogen) atoms. The highest BCUT2D eigenvalue weighted by Crippen LogP contribution is 2.18. The Balaban J connectivity index is 2.24. The topological polar surface area (TPSA) is 41.1 Å². The van der Waals surface area contributed by atoms with Crippen molar-refractivity contribution in [3.05, 3.63) is 35.1 Å². The highest BCUT2D eigenvalue weighted by molar-refractivity contribution is 5.76. The van der Waals surface area contributed by atoms with Crippen LogP contribution in [0.5, 0.6) is 0 Å². The first-order valence-electron chi connectivity index (χ1n) is 4.47. The second kappa shape index (κ2) is 3.29. The summed E-state index contributed by atoms with van der Waals surface area (Å²) >= 11 is 0. The molecular formula is C10H11FN2O. The molecule has 1 heterocycles. The fourth-order valence-corrected chi connectivity index (χ4v) is 1.54. The maximum atomic E-state index is 13.0. The minimum atomic E-state index is -0.217. The van der Waals surface area contributed by atoms with Crippen molar-refractivity contribution in [1.29, 1.82) is 0 Å². The van der Waals surface area contributed by atoms with Crippen LogP contribution < -0.4 is 10.6 Å². The van der Waals surface area contributed by atoms with Crippen LogP contribution in [0.2, 0.25) is 0 Å². The van der Waals surface area contributed by atoms with Crippen molar-refractivity contribution in [3.63, 3.8) is 0 Å². The molecule has 2 rings (SSSR count). The summed E-state index contributed by atoms with van der Waals surface area (Å²) in [5.41, 5.74) is 1.53. The van der Waals surface area contributed by atoms with Gasteiger partial charge in [-0.25, -0.2) is 9.18 Å². The molecule has 0 aliphatic carbocycles. The number of amides is 2. The smallest absolute Gasteiger partial charge is 0.315 e. The summed E-state index contributed by atoms with van der Waals surface area (Å²) in [5, 5.41) is 5.40. The third-order valence-electron chi connectivity index (χ3n) is 2.36. The van der Waals surface area contributed by atoms with Gasteiger partial charge in [0.05, 0.1) is 6.04 Å². The first-order chi connectivity index (χ1) is 6.66. The van der Waals surface area contributed by atoms with E-state index in [4.69, 9.17) is 0 Å². The minimum Gasteiger partial charge on any atom is -0.336 e. The lowest BCUT2D eigenvalue weighted by Crippen LogP contribution is -2.21. The Morgan fingerprint density at radius 3 is 2.86 bits per heavy atom. The Kier molecular flexibility index (Phi) is 2.11. The van der Waals surface area contributed by atoms with Crippen molar-refractivity contribution in [3.8, 4) is 0 Å². The summed E-state index contributed by atoms with van der Waals surface area (Å²) in [6.07, 6.45) is 0. The lowest BCUT2D eigenvalue weighted by molar-refractivity contribution is 0.247. The van der Waals surface area contributed by atoms with Gasteiger partial charge >= 0.3 is 6.03 Å². The van der Waals surface area contributed by atoms with Crippen LogP contribution in [0, 0.1) is 12.7 Å². The maximum Gasteiger partial charge on any atom is 0.315 e. The van der Waals surface area contributed by atoms with Crippen LogP contribution in [-0.2, 0) is 0 Å². The number of carbonyl (C=O) groups excluding carboxylic acids is 1. The van der Waals surface area contributed by atoms with Gasteiger partial charge in [0.15, 0.2) is 0 Å². The number of benzene rings is 1. The van der Waals surface area contributed by atoms with Gasteiger partial charge in [-0.1, -0.05) is 12.1 Å². The number of rotatable bonds is 1. The van der Waals surface area contributed by atoms with Gasteiger partial charge < -0.3 is 10.6 Å². The van der Waals surface area contributed by atoms with E-state index in [1.807, 2.05) is 0 Å². The molecule has 1 saturated heterocycles. The van der Waals surface area contributed by atoms with E-state index in [0.717, 1.165) is 5.56 Å². The molecule has 74 valence electrons. The Morgan fingerprint density at radius 1 is 1.50 bits per heavy atom. The molecule has 0 bridgehead atoms. The first-order valence-corrected chi connectivity index (χ1v) is 4.47. The SMILES string of the molecule is Cc1cc([C@@H]2CNC(=O)N2)ccc1F. The zero-order valence-electron chi connectivity index (χ0n) is 7.80. The molecule has 2 N–H and O–H groups in total. The summed E-state index contributed by atoms with van der Waals surface area (Å²) in [4.78, 5) is 10.9. The third-order valence-corrected chi connectivity index (χ3v) is 2.36. The molecule has 0 saturated carbocycles. The molecule has 1 aromatic rings. The van der Waals surface area contributed by atoms with E-state index in [-0.39, 0.29) is 17.9 Å². The average molecular weight is 194 g/mol. The van der Waals surface area contributed by atoms with Crippen molar-refractivity contribution >= 4 is 6.03 Å². The van der Waals surface area contributed by atoms with Crippen LogP contribution in [0.1, 0.15) is 17.2 Å². The van der Waals surface area contributed by atoms with Crippen LogP contribution in [-0.4, -0.2) is 12.6 Å². The van der Waals surface area contributed by atoms with Crippen LogP contribution in [0.4, 0.5) is 9.18 Å². The van der Waals surface area contributed by atoms with Gasteiger partial charge in [-0.15, -0.1) is 0 Å². The molecule has 0 spiro atoms. The van der Waals surface area contributed by atoms with E-state index in [0.29, 0.717) is 12.1 Å². The van der Waals surface area contributed by atoms with Crippen LogP contribution in [0.25, 0.3) is 0 Å². The van der Waals surface area contributed by atoms with Crippen molar-refractivity contribution < 1.29 is 9.18 Å². The third kappa shape index (κ3) is 1.55. The predicted octanol–water partition coefficient (Wildman–Crippen LogP) is 1.49. The summed E-state index contributed by atoms with van der Waals surface area (Å²) < 4.78 is 13.0. The van der Waals surface area contributed by atoms with Crippen LogP contribution in [0.3, 0.4) is 0 Å². The van der Waals surface area contributed by atoms with Gasteiger partial charge in [0.1, 0.15) is 5.82 Å². The Labute approximate surface area is 81.3 Å². The second-order valence-electron chi connectivity index (χ2n) is 3.42. The maximum absolute atomic E-state index is 13.0. The summed E-state index contributed by atoms with van der Waals surface area (Å²) in [6.45, 7) is 2.27. The molecule has 4 heteroatoms. The minimum absolute atomic E-state index is 0.0400. The van der Waals surface area contributed by atoms with Crippen molar-refractivity contribution in [2.24, 2.45) is 0 Å². The van der Waals surface area contributed by atoms with Crippen molar-refractivity contribution in [1.82, 2.24) is 10.6 Å². The van der Waals surface area contributed by atoms with E-state index in [1.54, 1.807) is 19.1 Å². The normalized spacial score (nSPS) is 20.4. The van der Waals surface area contributed by atoms with E-state index in [9.17, 15) is 9.18 Å². The zero-order valence-corrected chi connectivity index (χ0v) is 7.80. The molecule has 1 atom stereocenters. The van der Waals surface area contributed by atoms with Crippen molar-refractivity contribution in [2.75, 3.05) is 6.54 Å². The monoisotopic (exact) mass is 194 g/mol. The fraction of sp³-hybridized carbons (Fsp3) is 0.300. The van der Waals surface area contributed by atoms with Gasteiger partial charge in [-0.05, 0) is 24.1 Å². The van der Waals surface area contributed by atoms with Crippen molar-refractivity contribution in [2.45, 2.75) is 13.0 Å². The molecule has 0 radical (unpaired) electrons. The average Bonchev–Trinajstić information content (AvgIpc) is 2.57.